The van der Waals surface area contributed by atoms with Crippen molar-refractivity contribution in [1.29, 1.82) is 0 Å². The number of aromatic nitrogens is 3. The van der Waals surface area contributed by atoms with Gasteiger partial charge in [-0.1, -0.05) is 12.1 Å². The van der Waals surface area contributed by atoms with E-state index in [1.54, 1.807) is 4.57 Å². The third-order valence-electron chi connectivity index (χ3n) is 6.39. The van der Waals surface area contributed by atoms with Crippen LogP contribution in [0.3, 0.4) is 0 Å². The summed E-state index contributed by atoms with van der Waals surface area (Å²) in [5.41, 5.74) is 3.79. The molecule has 0 radical (unpaired) electrons. The van der Waals surface area contributed by atoms with Crippen molar-refractivity contribution < 1.29 is 4.79 Å². The number of benzene rings is 1. The van der Waals surface area contributed by atoms with Crippen molar-refractivity contribution in [2.75, 3.05) is 31.1 Å². The molecule has 7 nitrogen and oxygen atoms in total. The average molecular weight is 420 g/mol. The summed E-state index contributed by atoms with van der Waals surface area (Å²) in [6.07, 6.45) is 3.11. The molecule has 1 aromatic carbocycles. The molecule has 1 saturated heterocycles. The summed E-state index contributed by atoms with van der Waals surface area (Å²) >= 11 is 0. The topological polar surface area (TPSA) is 74.2 Å². The van der Waals surface area contributed by atoms with Crippen molar-refractivity contribution >= 4 is 24.0 Å². The molecule has 3 heterocycles. The van der Waals surface area contributed by atoms with E-state index < -0.39 is 0 Å². The number of fused-ring (bicyclic) bond motifs is 1. The van der Waals surface area contributed by atoms with Crippen LogP contribution in [0.1, 0.15) is 36.2 Å². The number of anilines is 1. The third kappa shape index (κ3) is 4.50. The fourth-order valence-electron chi connectivity index (χ4n) is 4.42. The minimum absolute atomic E-state index is 0. The maximum Gasteiger partial charge on any atom is 0.343 e. The predicted molar refractivity (Wildman–Crippen MR) is 116 cm³/mol. The van der Waals surface area contributed by atoms with Gasteiger partial charge < -0.3 is 9.80 Å². The molecule has 1 atom stereocenters. The summed E-state index contributed by atoms with van der Waals surface area (Å²) in [6.45, 7) is 8.29. The van der Waals surface area contributed by atoms with E-state index in [0.717, 1.165) is 51.3 Å². The monoisotopic (exact) mass is 419 g/mol. The summed E-state index contributed by atoms with van der Waals surface area (Å²) in [4.78, 5) is 29.0. The van der Waals surface area contributed by atoms with Crippen LogP contribution in [0.4, 0.5) is 5.69 Å². The van der Waals surface area contributed by atoms with Crippen molar-refractivity contribution in [1.82, 2.24) is 19.7 Å². The van der Waals surface area contributed by atoms with Gasteiger partial charge >= 0.3 is 5.69 Å². The van der Waals surface area contributed by atoms with Gasteiger partial charge in [-0.15, -0.1) is 12.4 Å². The number of hydrogen-bond acceptors (Lipinski definition) is 4. The molecule has 2 aromatic rings. The Kier molecular flexibility index (Phi) is 6.67. The van der Waals surface area contributed by atoms with Crippen molar-refractivity contribution in [3.05, 3.63) is 45.6 Å². The molecule has 158 valence electrons. The Morgan fingerprint density at radius 3 is 2.66 bits per heavy atom. The molecule has 0 spiro atoms. The van der Waals surface area contributed by atoms with Crippen molar-refractivity contribution in [2.24, 2.45) is 5.92 Å². The number of halogens is 1. The SMILES string of the molecule is Cc1cccc(N2CCN(C(=O)CC3CCc4n[nH]c(=O)n4CC3)CC2)c1C.Cl. The lowest BCUT2D eigenvalue weighted by molar-refractivity contribution is -0.132. The van der Waals surface area contributed by atoms with E-state index in [-0.39, 0.29) is 24.0 Å². The molecule has 0 saturated carbocycles. The molecular formula is C21H30ClN5O2. The van der Waals surface area contributed by atoms with E-state index in [0.29, 0.717) is 18.9 Å². The molecule has 1 N–H and O–H groups in total. The average Bonchev–Trinajstić information content (AvgIpc) is 2.93. The molecule has 1 fully saturated rings. The van der Waals surface area contributed by atoms with Crippen LogP contribution in [0.2, 0.25) is 0 Å². The Bertz CT molecular complexity index is 914. The van der Waals surface area contributed by atoms with Gasteiger partial charge in [0.15, 0.2) is 0 Å². The Balaban J connectivity index is 0.00000240. The maximum atomic E-state index is 12.8. The predicted octanol–water partition coefficient (Wildman–Crippen LogP) is 2.30. The second-order valence-corrected chi connectivity index (χ2v) is 8.08. The number of aryl methyl sites for hydroxylation is 2. The maximum absolute atomic E-state index is 12.8. The quantitative estimate of drug-likeness (QED) is 0.828. The number of aromatic amines is 1. The van der Waals surface area contributed by atoms with Gasteiger partial charge in [0.2, 0.25) is 5.91 Å². The highest BCUT2D eigenvalue weighted by molar-refractivity contribution is 5.85. The summed E-state index contributed by atoms with van der Waals surface area (Å²) in [6, 6.07) is 6.43. The van der Waals surface area contributed by atoms with Crippen LogP contribution in [-0.4, -0.2) is 51.8 Å². The minimum atomic E-state index is -0.135. The van der Waals surface area contributed by atoms with Gasteiger partial charge in [0.25, 0.3) is 0 Å². The highest BCUT2D eigenvalue weighted by atomic mass is 35.5. The molecule has 0 bridgehead atoms. The minimum Gasteiger partial charge on any atom is -0.368 e. The van der Waals surface area contributed by atoms with Gasteiger partial charge in [0, 0.05) is 51.3 Å². The van der Waals surface area contributed by atoms with Gasteiger partial charge in [-0.2, -0.15) is 5.10 Å². The number of nitrogens with one attached hydrogen (secondary N) is 1. The van der Waals surface area contributed by atoms with E-state index >= 15 is 0 Å². The van der Waals surface area contributed by atoms with Crippen LogP contribution < -0.4 is 10.6 Å². The molecule has 2 aliphatic heterocycles. The van der Waals surface area contributed by atoms with Crippen LogP contribution in [0.5, 0.6) is 0 Å². The zero-order chi connectivity index (χ0) is 19.7. The number of rotatable bonds is 3. The third-order valence-corrected chi connectivity index (χ3v) is 6.39. The number of amides is 1. The first-order chi connectivity index (χ1) is 13.5. The fourth-order valence-corrected chi connectivity index (χ4v) is 4.42. The van der Waals surface area contributed by atoms with Gasteiger partial charge in [0.05, 0.1) is 0 Å². The smallest absolute Gasteiger partial charge is 0.343 e. The number of carbonyl (C=O) groups excluding carboxylic acids is 1. The molecule has 4 rings (SSSR count). The lowest BCUT2D eigenvalue weighted by Crippen LogP contribution is -2.49. The van der Waals surface area contributed by atoms with E-state index in [9.17, 15) is 9.59 Å². The number of hydrogen-bond donors (Lipinski definition) is 1. The van der Waals surface area contributed by atoms with E-state index in [2.05, 4.69) is 47.1 Å². The molecule has 8 heteroatoms. The first-order valence-electron chi connectivity index (χ1n) is 10.3. The second-order valence-electron chi connectivity index (χ2n) is 8.08. The van der Waals surface area contributed by atoms with E-state index in [4.69, 9.17) is 0 Å². The highest BCUT2D eigenvalue weighted by Crippen LogP contribution is 2.25. The molecule has 1 aromatic heterocycles. The van der Waals surface area contributed by atoms with E-state index in [1.807, 2.05) is 4.90 Å². The van der Waals surface area contributed by atoms with Crippen LogP contribution >= 0.6 is 12.4 Å². The van der Waals surface area contributed by atoms with Crippen LogP contribution in [-0.2, 0) is 17.8 Å². The number of carbonyl (C=O) groups is 1. The van der Waals surface area contributed by atoms with Crippen LogP contribution in [0.25, 0.3) is 0 Å². The lowest BCUT2D eigenvalue weighted by atomic mass is 9.96. The Morgan fingerprint density at radius 2 is 1.90 bits per heavy atom. The van der Waals surface area contributed by atoms with E-state index in [1.165, 1.54) is 16.8 Å². The lowest BCUT2D eigenvalue weighted by Gasteiger charge is -2.37. The van der Waals surface area contributed by atoms with Gasteiger partial charge in [-0.3, -0.25) is 9.36 Å². The zero-order valence-corrected chi connectivity index (χ0v) is 18.0. The van der Waals surface area contributed by atoms with Crippen LogP contribution in [0, 0.1) is 19.8 Å². The largest absolute Gasteiger partial charge is 0.368 e. The Morgan fingerprint density at radius 1 is 1.14 bits per heavy atom. The normalized spacial score (nSPS) is 19.3. The van der Waals surface area contributed by atoms with Gasteiger partial charge in [0.1, 0.15) is 5.82 Å². The molecule has 1 amide bonds. The number of H-pyrrole nitrogens is 1. The molecule has 2 aliphatic rings. The van der Waals surface area contributed by atoms with Crippen molar-refractivity contribution in [3.8, 4) is 0 Å². The Hall–Kier alpha value is -2.28. The first kappa shape index (κ1) is 21.4. The van der Waals surface area contributed by atoms with Crippen LogP contribution in [0.15, 0.2) is 23.0 Å². The number of nitrogens with zero attached hydrogens (tertiary/aromatic N) is 4. The zero-order valence-electron chi connectivity index (χ0n) is 17.2. The highest BCUT2D eigenvalue weighted by Gasteiger charge is 2.26. The summed E-state index contributed by atoms with van der Waals surface area (Å²) in [7, 11) is 0. The van der Waals surface area contributed by atoms with Gasteiger partial charge in [-0.05, 0) is 49.8 Å². The number of piperazine rings is 1. The summed E-state index contributed by atoms with van der Waals surface area (Å²) in [5.74, 6) is 1.40. The standard InChI is InChI=1S/C21H29N5O2.ClH/c1-15-4-3-5-18(16(15)2)24-10-12-25(13-11-24)20(27)14-17-6-7-19-22-23-21(28)26(19)9-8-17;/h3-5,17H,6-14H2,1-2H3,(H,23,28);1H. The van der Waals surface area contributed by atoms with Crippen molar-refractivity contribution in [2.45, 2.75) is 46.1 Å². The molecule has 29 heavy (non-hydrogen) atoms. The second kappa shape index (κ2) is 9.03. The Labute approximate surface area is 177 Å². The molecule has 1 unspecified atom stereocenters. The summed E-state index contributed by atoms with van der Waals surface area (Å²) in [5, 5.41) is 6.61. The fraction of sp³-hybridized carbons (Fsp3) is 0.571. The molecular weight excluding hydrogens is 390 g/mol. The van der Waals surface area contributed by atoms with Gasteiger partial charge in [-0.25, -0.2) is 9.89 Å². The first-order valence-corrected chi connectivity index (χ1v) is 10.3. The summed E-state index contributed by atoms with van der Waals surface area (Å²) < 4.78 is 1.72. The molecule has 0 aliphatic carbocycles. The van der Waals surface area contributed by atoms with Crippen molar-refractivity contribution in [3.63, 3.8) is 0 Å².